The fourth-order valence-corrected chi connectivity index (χ4v) is 2.69. The molecule has 0 saturated carbocycles. The number of aromatic nitrogens is 3. The van der Waals surface area contributed by atoms with Crippen LogP contribution in [0.3, 0.4) is 0 Å². The summed E-state index contributed by atoms with van der Waals surface area (Å²) in [5.41, 5.74) is -0.424. The lowest BCUT2D eigenvalue weighted by Gasteiger charge is -2.14. The molecule has 0 aliphatic heterocycles. The minimum absolute atomic E-state index is 0.154. The van der Waals surface area contributed by atoms with Gasteiger partial charge in [-0.1, -0.05) is 15.9 Å². The highest BCUT2D eigenvalue weighted by Gasteiger charge is 2.34. The van der Waals surface area contributed by atoms with Crippen LogP contribution in [0.1, 0.15) is 5.56 Å². The summed E-state index contributed by atoms with van der Waals surface area (Å²) in [6, 6.07) is 5.94. The molecular formula is C15H10BrF3N4. The summed E-state index contributed by atoms with van der Waals surface area (Å²) < 4.78 is 40.4. The van der Waals surface area contributed by atoms with Crippen LogP contribution >= 0.6 is 15.9 Å². The highest BCUT2D eigenvalue weighted by Crippen LogP contribution is 2.38. The number of fused-ring (bicyclic) bond motifs is 1. The molecule has 1 N–H and O–H groups in total. The maximum absolute atomic E-state index is 13.4. The minimum atomic E-state index is -4.52. The molecule has 0 radical (unpaired) electrons. The van der Waals surface area contributed by atoms with Crippen LogP contribution in [-0.4, -0.2) is 22.0 Å². The van der Waals surface area contributed by atoms with Crippen molar-refractivity contribution in [1.82, 2.24) is 15.0 Å². The molecule has 0 saturated heterocycles. The second-order valence-corrected chi connectivity index (χ2v) is 5.65. The number of pyridine rings is 1. The fourth-order valence-electron chi connectivity index (χ4n) is 2.23. The predicted molar refractivity (Wildman–Crippen MR) is 85.0 cm³/mol. The first-order chi connectivity index (χ1) is 10.9. The van der Waals surface area contributed by atoms with Crippen molar-refractivity contribution in [2.45, 2.75) is 6.18 Å². The molecule has 3 rings (SSSR count). The molecular weight excluding hydrogens is 373 g/mol. The van der Waals surface area contributed by atoms with E-state index < -0.39 is 11.7 Å². The molecule has 0 spiro atoms. The number of halogens is 4. The molecule has 1 aromatic carbocycles. The van der Waals surface area contributed by atoms with Crippen LogP contribution in [0.2, 0.25) is 0 Å². The van der Waals surface area contributed by atoms with Gasteiger partial charge in [0, 0.05) is 34.9 Å². The van der Waals surface area contributed by atoms with E-state index >= 15 is 0 Å². The maximum Gasteiger partial charge on any atom is 0.418 e. The van der Waals surface area contributed by atoms with Crippen molar-refractivity contribution in [3.8, 4) is 11.4 Å². The van der Waals surface area contributed by atoms with Crippen molar-refractivity contribution in [3.05, 3.63) is 46.7 Å². The van der Waals surface area contributed by atoms with Crippen molar-refractivity contribution in [2.75, 3.05) is 12.4 Å². The molecule has 0 unspecified atom stereocenters. The van der Waals surface area contributed by atoms with E-state index in [0.29, 0.717) is 21.2 Å². The summed E-state index contributed by atoms with van der Waals surface area (Å²) in [5, 5.41) is 3.12. The van der Waals surface area contributed by atoms with Gasteiger partial charge < -0.3 is 5.32 Å². The number of nitrogens with zero attached hydrogens (tertiary/aromatic N) is 3. The zero-order valence-electron chi connectivity index (χ0n) is 11.8. The first kappa shape index (κ1) is 15.7. The summed E-state index contributed by atoms with van der Waals surface area (Å²) in [4.78, 5) is 12.4. The Morgan fingerprint density at radius 2 is 1.96 bits per heavy atom. The van der Waals surface area contributed by atoms with Gasteiger partial charge in [0.25, 0.3) is 0 Å². The van der Waals surface area contributed by atoms with Gasteiger partial charge in [0.05, 0.1) is 11.1 Å². The monoisotopic (exact) mass is 382 g/mol. The van der Waals surface area contributed by atoms with E-state index in [-0.39, 0.29) is 11.3 Å². The fraction of sp³-hybridized carbons (Fsp3) is 0.133. The van der Waals surface area contributed by atoms with Crippen molar-refractivity contribution < 1.29 is 13.2 Å². The van der Waals surface area contributed by atoms with Gasteiger partial charge >= 0.3 is 6.18 Å². The average Bonchev–Trinajstić information content (AvgIpc) is 2.53. The standard InChI is InChI=1S/C15H10BrF3N4/c1-20-14-10-5-9(16)6-11(15(17,18)19)12(10)22-13(23-14)8-3-2-4-21-7-8/h2-7H,1H3,(H,20,22,23). The summed E-state index contributed by atoms with van der Waals surface area (Å²) in [5.74, 6) is 0.503. The van der Waals surface area contributed by atoms with Gasteiger partial charge in [0.1, 0.15) is 5.82 Å². The van der Waals surface area contributed by atoms with Crippen LogP contribution < -0.4 is 5.32 Å². The Hall–Kier alpha value is -2.22. The normalized spacial score (nSPS) is 11.7. The molecule has 0 aliphatic carbocycles. The van der Waals surface area contributed by atoms with Crippen molar-refractivity contribution in [2.24, 2.45) is 0 Å². The van der Waals surface area contributed by atoms with Gasteiger partial charge in [-0.3, -0.25) is 4.98 Å². The molecule has 118 valence electrons. The quantitative estimate of drug-likeness (QED) is 0.707. The second-order valence-electron chi connectivity index (χ2n) is 4.73. The lowest BCUT2D eigenvalue weighted by Crippen LogP contribution is -2.09. The summed E-state index contributed by atoms with van der Waals surface area (Å²) >= 11 is 3.11. The Labute approximate surface area is 137 Å². The molecule has 2 aromatic heterocycles. The van der Waals surface area contributed by atoms with Crippen LogP contribution in [-0.2, 0) is 6.18 Å². The first-order valence-corrected chi connectivity index (χ1v) is 7.36. The van der Waals surface area contributed by atoms with Crippen LogP contribution in [0.4, 0.5) is 19.0 Å². The van der Waals surface area contributed by atoms with E-state index in [1.807, 2.05) is 0 Å². The van der Waals surface area contributed by atoms with E-state index in [1.54, 1.807) is 31.4 Å². The predicted octanol–water partition coefficient (Wildman–Crippen LogP) is 4.51. The second kappa shape index (κ2) is 5.77. The number of rotatable bonds is 2. The third-order valence-corrected chi connectivity index (χ3v) is 3.68. The Bertz CT molecular complexity index is 866. The zero-order chi connectivity index (χ0) is 16.6. The molecule has 0 fully saturated rings. The number of benzene rings is 1. The Morgan fingerprint density at radius 3 is 2.57 bits per heavy atom. The maximum atomic E-state index is 13.4. The van der Waals surface area contributed by atoms with Gasteiger partial charge in [-0.15, -0.1) is 0 Å². The summed E-state index contributed by atoms with van der Waals surface area (Å²) in [6.07, 6.45) is -1.44. The van der Waals surface area contributed by atoms with E-state index in [0.717, 1.165) is 6.07 Å². The zero-order valence-corrected chi connectivity index (χ0v) is 13.4. The van der Waals surface area contributed by atoms with Gasteiger partial charge in [0.2, 0.25) is 0 Å². The number of anilines is 1. The molecule has 4 nitrogen and oxygen atoms in total. The molecule has 0 bridgehead atoms. The van der Waals surface area contributed by atoms with Gasteiger partial charge in [-0.2, -0.15) is 13.2 Å². The van der Waals surface area contributed by atoms with E-state index in [1.165, 1.54) is 6.20 Å². The number of hydrogen-bond donors (Lipinski definition) is 1. The minimum Gasteiger partial charge on any atom is -0.373 e. The smallest absolute Gasteiger partial charge is 0.373 e. The van der Waals surface area contributed by atoms with Crippen molar-refractivity contribution in [1.29, 1.82) is 0 Å². The Balaban J connectivity index is 2.38. The largest absolute Gasteiger partial charge is 0.418 e. The topological polar surface area (TPSA) is 50.7 Å². The lowest BCUT2D eigenvalue weighted by molar-refractivity contribution is -0.136. The van der Waals surface area contributed by atoms with E-state index in [9.17, 15) is 13.2 Å². The Morgan fingerprint density at radius 1 is 1.17 bits per heavy atom. The number of hydrogen-bond acceptors (Lipinski definition) is 4. The van der Waals surface area contributed by atoms with Crippen LogP contribution in [0, 0.1) is 0 Å². The molecule has 0 aliphatic rings. The SMILES string of the molecule is CNc1nc(-c2cccnc2)nc2c(C(F)(F)F)cc(Br)cc12. The third kappa shape index (κ3) is 2.98. The lowest BCUT2D eigenvalue weighted by atomic mass is 10.1. The van der Waals surface area contributed by atoms with Gasteiger partial charge in [-0.05, 0) is 24.3 Å². The highest BCUT2D eigenvalue weighted by atomic mass is 79.9. The van der Waals surface area contributed by atoms with Crippen LogP contribution in [0.25, 0.3) is 22.3 Å². The third-order valence-electron chi connectivity index (χ3n) is 3.23. The summed E-state index contributed by atoms with van der Waals surface area (Å²) in [6.45, 7) is 0. The Kier molecular flexibility index (Phi) is 3.93. The average molecular weight is 383 g/mol. The molecule has 0 amide bonds. The van der Waals surface area contributed by atoms with Crippen LogP contribution in [0.15, 0.2) is 41.1 Å². The van der Waals surface area contributed by atoms with Crippen molar-refractivity contribution >= 4 is 32.7 Å². The molecule has 23 heavy (non-hydrogen) atoms. The highest BCUT2D eigenvalue weighted by molar-refractivity contribution is 9.10. The van der Waals surface area contributed by atoms with Crippen molar-refractivity contribution in [3.63, 3.8) is 0 Å². The first-order valence-electron chi connectivity index (χ1n) is 6.57. The molecule has 2 heterocycles. The van der Waals surface area contributed by atoms with Gasteiger partial charge in [-0.25, -0.2) is 9.97 Å². The summed E-state index contributed by atoms with van der Waals surface area (Å²) in [7, 11) is 1.60. The molecule has 8 heteroatoms. The van der Waals surface area contributed by atoms with Gasteiger partial charge in [0.15, 0.2) is 5.82 Å². The van der Waals surface area contributed by atoms with E-state index in [2.05, 4.69) is 36.2 Å². The van der Waals surface area contributed by atoms with Crippen LogP contribution in [0.5, 0.6) is 0 Å². The molecule has 3 aromatic rings. The number of nitrogens with one attached hydrogen (secondary N) is 1. The number of alkyl halides is 3. The molecule has 0 atom stereocenters. The van der Waals surface area contributed by atoms with E-state index in [4.69, 9.17) is 0 Å².